The minimum absolute atomic E-state index is 0.0151. The molecular weight excluding hydrogens is 296 g/mol. The maximum atomic E-state index is 12.6. The van der Waals surface area contributed by atoms with Gasteiger partial charge < -0.3 is 4.74 Å². The van der Waals surface area contributed by atoms with E-state index < -0.39 is 0 Å². The third-order valence-electron chi connectivity index (χ3n) is 2.89. The molecule has 0 amide bonds. The van der Waals surface area contributed by atoms with Crippen LogP contribution < -0.4 is 5.56 Å². The topological polar surface area (TPSA) is 44.1 Å². The second-order valence-electron chi connectivity index (χ2n) is 4.29. The molecule has 0 unspecified atom stereocenters. The lowest BCUT2D eigenvalue weighted by molar-refractivity contribution is 0.189. The van der Waals surface area contributed by atoms with Crippen molar-refractivity contribution < 1.29 is 4.74 Å². The van der Waals surface area contributed by atoms with Gasteiger partial charge >= 0.3 is 0 Å². The number of thioether (sulfide) groups is 1. The highest BCUT2D eigenvalue weighted by Gasteiger charge is 2.11. The van der Waals surface area contributed by atoms with Crippen molar-refractivity contribution in [3.63, 3.8) is 0 Å². The van der Waals surface area contributed by atoms with E-state index in [1.165, 1.54) is 0 Å². The van der Waals surface area contributed by atoms with Gasteiger partial charge in [-0.15, -0.1) is 0 Å². The molecule has 0 aliphatic heterocycles. The highest BCUT2D eigenvalue weighted by Crippen LogP contribution is 2.20. The zero-order chi connectivity index (χ0) is 14.5. The van der Waals surface area contributed by atoms with E-state index in [2.05, 4.69) is 4.98 Å². The second kappa shape index (κ2) is 7.11. The molecule has 0 saturated carbocycles. The van der Waals surface area contributed by atoms with Crippen molar-refractivity contribution in [1.82, 2.24) is 9.55 Å². The van der Waals surface area contributed by atoms with Gasteiger partial charge in [-0.2, -0.15) is 0 Å². The van der Waals surface area contributed by atoms with Crippen LogP contribution in [0.15, 0.2) is 28.2 Å². The number of hydrogen-bond donors (Lipinski definition) is 0. The Kier molecular flexibility index (Phi) is 5.46. The van der Waals surface area contributed by atoms with Gasteiger partial charge in [0.25, 0.3) is 5.56 Å². The summed E-state index contributed by atoms with van der Waals surface area (Å²) in [5.41, 5.74) is 0.639. The molecule has 0 bridgehead atoms. The van der Waals surface area contributed by atoms with Crippen LogP contribution in [-0.2, 0) is 11.3 Å². The molecule has 108 valence electrons. The first-order valence-electron chi connectivity index (χ1n) is 6.49. The smallest absolute Gasteiger partial charge is 0.262 e. The summed E-state index contributed by atoms with van der Waals surface area (Å²) >= 11 is 7.53. The Morgan fingerprint density at radius 2 is 2.25 bits per heavy atom. The van der Waals surface area contributed by atoms with Crippen LogP contribution in [0.3, 0.4) is 0 Å². The third kappa shape index (κ3) is 3.34. The molecule has 0 atom stereocenters. The number of halogens is 1. The number of benzene rings is 1. The molecule has 4 nitrogen and oxygen atoms in total. The second-order valence-corrected chi connectivity index (χ2v) is 5.96. The van der Waals surface area contributed by atoms with E-state index in [4.69, 9.17) is 16.3 Å². The number of fused-ring (bicyclic) bond motifs is 1. The van der Waals surface area contributed by atoms with Crippen LogP contribution in [0.4, 0.5) is 0 Å². The fraction of sp³-hybridized carbons (Fsp3) is 0.429. The van der Waals surface area contributed by atoms with Crippen LogP contribution in [0, 0.1) is 0 Å². The van der Waals surface area contributed by atoms with E-state index in [1.807, 2.05) is 6.92 Å². The molecule has 0 radical (unpaired) electrons. The first-order chi connectivity index (χ1) is 9.67. The zero-order valence-corrected chi connectivity index (χ0v) is 13.1. The van der Waals surface area contributed by atoms with Gasteiger partial charge in [-0.25, -0.2) is 4.98 Å². The first-order valence-corrected chi connectivity index (χ1v) is 7.85. The predicted molar refractivity (Wildman–Crippen MR) is 83.9 cm³/mol. The van der Waals surface area contributed by atoms with Gasteiger partial charge in [-0.1, -0.05) is 30.3 Å². The maximum absolute atomic E-state index is 12.6. The van der Waals surface area contributed by atoms with Crippen molar-refractivity contribution in [3.8, 4) is 0 Å². The van der Waals surface area contributed by atoms with E-state index in [0.29, 0.717) is 29.1 Å². The summed E-state index contributed by atoms with van der Waals surface area (Å²) in [7, 11) is 1.66. The molecule has 0 saturated heterocycles. The maximum Gasteiger partial charge on any atom is 0.262 e. The number of rotatable bonds is 6. The molecule has 0 fully saturated rings. The predicted octanol–water partition coefficient (Wildman–Crippen LogP) is 3.20. The monoisotopic (exact) mass is 312 g/mol. The average molecular weight is 313 g/mol. The minimum atomic E-state index is -0.0151. The van der Waals surface area contributed by atoms with Crippen LogP contribution in [0.1, 0.15) is 13.3 Å². The number of hydrogen-bond acceptors (Lipinski definition) is 4. The van der Waals surface area contributed by atoms with Gasteiger partial charge in [0, 0.05) is 25.3 Å². The molecule has 0 aliphatic rings. The zero-order valence-electron chi connectivity index (χ0n) is 11.6. The van der Waals surface area contributed by atoms with Gasteiger partial charge in [-0.05, 0) is 30.4 Å². The number of methoxy groups -OCH3 is 1. The molecule has 20 heavy (non-hydrogen) atoms. The fourth-order valence-electron chi connectivity index (χ4n) is 1.98. The summed E-state index contributed by atoms with van der Waals surface area (Å²) in [6.07, 6.45) is 0.786. The molecule has 1 aromatic carbocycles. The molecule has 2 rings (SSSR count). The summed E-state index contributed by atoms with van der Waals surface area (Å²) in [5, 5.41) is 1.93. The normalized spacial score (nSPS) is 11.2. The number of aromatic nitrogens is 2. The highest BCUT2D eigenvalue weighted by molar-refractivity contribution is 7.99. The SMILES string of the molecule is CCSc1nc2cc(Cl)ccc2c(=O)n1CCCOC. The highest BCUT2D eigenvalue weighted by atomic mass is 35.5. The molecule has 2 aromatic rings. The van der Waals surface area contributed by atoms with E-state index in [0.717, 1.165) is 17.3 Å². The first kappa shape index (κ1) is 15.4. The summed E-state index contributed by atoms with van der Waals surface area (Å²) in [6, 6.07) is 5.19. The minimum Gasteiger partial charge on any atom is -0.385 e. The van der Waals surface area contributed by atoms with E-state index >= 15 is 0 Å². The molecule has 1 aromatic heterocycles. The molecular formula is C14H17ClN2O2S. The van der Waals surface area contributed by atoms with Crippen molar-refractivity contribution in [3.05, 3.63) is 33.6 Å². The van der Waals surface area contributed by atoms with Gasteiger partial charge in [0.2, 0.25) is 0 Å². The number of ether oxygens (including phenoxy) is 1. The Bertz CT molecular complexity index is 657. The van der Waals surface area contributed by atoms with Crippen molar-refractivity contribution in [2.45, 2.75) is 25.0 Å². The third-order valence-corrected chi connectivity index (χ3v) is 3.98. The van der Waals surface area contributed by atoms with Crippen LogP contribution in [0.2, 0.25) is 5.02 Å². The van der Waals surface area contributed by atoms with E-state index in [9.17, 15) is 4.79 Å². The summed E-state index contributed by atoms with van der Waals surface area (Å²) < 4.78 is 6.77. The quantitative estimate of drug-likeness (QED) is 0.467. The lowest BCUT2D eigenvalue weighted by atomic mass is 10.2. The van der Waals surface area contributed by atoms with Gasteiger partial charge in [-0.3, -0.25) is 9.36 Å². The number of nitrogens with zero attached hydrogens (tertiary/aromatic N) is 2. The lowest BCUT2D eigenvalue weighted by Gasteiger charge is -2.12. The average Bonchev–Trinajstić information content (AvgIpc) is 2.42. The summed E-state index contributed by atoms with van der Waals surface area (Å²) in [6.45, 7) is 3.28. The van der Waals surface area contributed by atoms with Crippen LogP contribution in [-0.4, -0.2) is 29.0 Å². The molecule has 6 heteroatoms. The van der Waals surface area contributed by atoms with E-state index in [1.54, 1.807) is 41.6 Å². The van der Waals surface area contributed by atoms with Gasteiger partial charge in [0.15, 0.2) is 5.16 Å². The van der Waals surface area contributed by atoms with Crippen LogP contribution >= 0.6 is 23.4 Å². The van der Waals surface area contributed by atoms with E-state index in [-0.39, 0.29) is 5.56 Å². The largest absolute Gasteiger partial charge is 0.385 e. The van der Waals surface area contributed by atoms with Crippen molar-refractivity contribution in [2.75, 3.05) is 19.5 Å². The van der Waals surface area contributed by atoms with Crippen molar-refractivity contribution in [1.29, 1.82) is 0 Å². The Morgan fingerprint density at radius 1 is 1.45 bits per heavy atom. The molecule has 0 aliphatic carbocycles. The standard InChI is InChI=1S/C14H17ClN2O2S/c1-3-20-14-16-12-9-10(15)5-6-11(12)13(18)17(14)7-4-8-19-2/h5-6,9H,3-4,7-8H2,1-2H3. The Hall–Kier alpha value is -1.04. The van der Waals surface area contributed by atoms with Crippen LogP contribution in [0.5, 0.6) is 0 Å². The van der Waals surface area contributed by atoms with Gasteiger partial charge in [0.1, 0.15) is 0 Å². The van der Waals surface area contributed by atoms with Crippen LogP contribution in [0.25, 0.3) is 10.9 Å². The Morgan fingerprint density at radius 3 is 2.95 bits per heavy atom. The Balaban J connectivity index is 2.52. The fourth-order valence-corrected chi connectivity index (χ4v) is 2.89. The summed E-state index contributed by atoms with van der Waals surface area (Å²) in [5.74, 6) is 0.864. The van der Waals surface area contributed by atoms with Crippen molar-refractivity contribution in [2.24, 2.45) is 0 Å². The lowest BCUT2D eigenvalue weighted by Crippen LogP contribution is -2.24. The van der Waals surface area contributed by atoms with Gasteiger partial charge in [0.05, 0.1) is 10.9 Å². The molecule has 0 spiro atoms. The van der Waals surface area contributed by atoms with Crippen molar-refractivity contribution >= 4 is 34.3 Å². The summed E-state index contributed by atoms with van der Waals surface area (Å²) in [4.78, 5) is 17.1. The Labute approximate surface area is 127 Å². The molecule has 1 heterocycles. The molecule has 0 N–H and O–H groups in total.